The molecule has 0 spiro atoms. The van der Waals surface area contributed by atoms with Crippen LogP contribution in [0.5, 0.6) is 0 Å². The van der Waals surface area contributed by atoms with Crippen LogP contribution in [-0.4, -0.2) is 27.4 Å². The molecule has 1 atom stereocenters. The number of carbonyl (C=O) groups is 1. The second kappa shape index (κ2) is 10.7. The van der Waals surface area contributed by atoms with Crippen LogP contribution >= 0.6 is 0 Å². The first-order valence-electron chi connectivity index (χ1n) is 10.4. The van der Waals surface area contributed by atoms with Gasteiger partial charge in [0.05, 0.1) is 7.11 Å². The molecule has 1 unspecified atom stereocenters. The zero-order chi connectivity index (χ0) is 24.0. The maximum absolute atomic E-state index is 13.1. The van der Waals surface area contributed by atoms with Gasteiger partial charge in [-0.2, -0.15) is 8.42 Å². The molecule has 8 heteroatoms. The Bertz CT molecular complexity index is 1210. The lowest BCUT2D eigenvalue weighted by Gasteiger charge is -2.19. The number of hydrogen-bond acceptors (Lipinski definition) is 5. The molecule has 174 valence electrons. The predicted octanol–water partition coefficient (Wildman–Crippen LogP) is 4.12. The summed E-state index contributed by atoms with van der Waals surface area (Å²) in [6.07, 6.45) is 0.0717. The fourth-order valence-corrected chi connectivity index (χ4v) is 3.95. The van der Waals surface area contributed by atoms with Gasteiger partial charge in [-0.25, -0.2) is 4.39 Å². The third-order valence-electron chi connectivity index (χ3n) is 5.30. The number of primary amides is 1. The molecule has 2 N–H and O–H groups in total. The van der Waals surface area contributed by atoms with E-state index in [1.807, 2.05) is 43.3 Å². The molecule has 33 heavy (non-hydrogen) atoms. The van der Waals surface area contributed by atoms with Gasteiger partial charge in [-0.15, -0.1) is 0 Å². The molecule has 0 aliphatic heterocycles. The first-order chi connectivity index (χ1) is 15.7. The summed E-state index contributed by atoms with van der Waals surface area (Å²) in [5.74, 6) is -1.82. The van der Waals surface area contributed by atoms with E-state index in [1.54, 1.807) is 18.2 Å². The number of amides is 1. The Morgan fingerprint density at radius 2 is 1.55 bits per heavy atom. The van der Waals surface area contributed by atoms with Crippen LogP contribution in [0.1, 0.15) is 35.3 Å². The smallest absolute Gasteiger partial charge is 0.291 e. The molecule has 6 nitrogen and oxygen atoms in total. The molecule has 3 aromatic carbocycles. The van der Waals surface area contributed by atoms with E-state index in [-0.39, 0.29) is 5.82 Å². The Morgan fingerprint density at radius 1 is 0.970 bits per heavy atom. The van der Waals surface area contributed by atoms with Crippen LogP contribution in [-0.2, 0) is 36.7 Å². The fraction of sp³-hybridized carbons (Fsp3) is 0.240. The number of halogens is 1. The topological polar surface area (TPSA) is 95.7 Å². The van der Waals surface area contributed by atoms with Crippen molar-refractivity contribution in [3.8, 4) is 11.1 Å². The molecule has 0 heterocycles. The Hall–Kier alpha value is -3.07. The quantitative estimate of drug-likeness (QED) is 0.449. The van der Waals surface area contributed by atoms with Crippen LogP contribution < -0.4 is 5.73 Å². The van der Waals surface area contributed by atoms with Gasteiger partial charge in [0.15, 0.2) is 12.0 Å². The van der Waals surface area contributed by atoms with E-state index < -0.39 is 28.1 Å². The highest BCUT2D eigenvalue weighted by atomic mass is 32.2. The molecule has 3 aromatic rings. The van der Waals surface area contributed by atoms with E-state index in [0.717, 1.165) is 34.9 Å². The van der Waals surface area contributed by atoms with Crippen LogP contribution in [0, 0.1) is 5.82 Å². The molecule has 0 aromatic heterocycles. The van der Waals surface area contributed by atoms with Gasteiger partial charge in [0.2, 0.25) is 0 Å². The van der Waals surface area contributed by atoms with Gasteiger partial charge in [-0.3, -0.25) is 8.98 Å². The summed E-state index contributed by atoms with van der Waals surface area (Å²) in [6.45, 7) is 1.93. The maximum atomic E-state index is 13.1. The lowest BCUT2D eigenvalue weighted by atomic mass is 9.94. The first kappa shape index (κ1) is 24.6. The monoisotopic (exact) mass is 471 g/mol. The number of benzene rings is 3. The van der Waals surface area contributed by atoms with Gasteiger partial charge in [0.25, 0.3) is 16.0 Å². The average Bonchev–Trinajstić information content (AvgIpc) is 2.80. The van der Waals surface area contributed by atoms with E-state index >= 15 is 0 Å². The Balaban J connectivity index is 1.78. The number of rotatable bonds is 10. The third-order valence-corrected chi connectivity index (χ3v) is 6.23. The summed E-state index contributed by atoms with van der Waals surface area (Å²) >= 11 is 0. The van der Waals surface area contributed by atoms with Gasteiger partial charge in [-0.1, -0.05) is 61.5 Å². The van der Waals surface area contributed by atoms with Crippen LogP contribution in [0.25, 0.3) is 11.1 Å². The summed E-state index contributed by atoms with van der Waals surface area (Å²) in [5, 5.41) is 0. The van der Waals surface area contributed by atoms with Crippen molar-refractivity contribution < 1.29 is 26.5 Å². The van der Waals surface area contributed by atoms with Gasteiger partial charge in [-0.05, 0) is 58.4 Å². The third kappa shape index (κ3) is 6.47. The molecule has 0 saturated carbocycles. The number of nitrogens with two attached hydrogens (primary N) is 1. The zero-order valence-corrected chi connectivity index (χ0v) is 19.3. The average molecular weight is 472 g/mol. The SMILES string of the molecule is CCc1cc(Cc2ccc(-c3ccc(F)cc3)cc2)ccc1C(OCS(=O)(=O)OC)C(N)=O. The van der Waals surface area contributed by atoms with Crippen LogP contribution in [0.2, 0.25) is 0 Å². The van der Waals surface area contributed by atoms with Crippen molar-refractivity contribution in [1.82, 2.24) is 0 Å². The number of aryl methyl sites for hydroxylation is 1. The Kier molecular flexibility index (Phi) is 7.97. The highest BCUT2D eigenvalue weighted by Crippen LogP contribution is 2.26. The second-order valence-electron chi connectivity index (χ2n) is 7.56. The molecule has 0 fully saturated rings. The van der Waals surface area contributed by atoms with Crippen molar-refractivity contribution in [2.45, 2.75) is 25.9 Å². The normalized spacial score (nSPS) is 12.5. The van der Waals surface area contributed by atoms with E-state index in [2.05, 4.69) is 4.18 Å². The number of carbonyl (C=O) groups excluding carboxylic acids is 1. The van der Waals surface area contributed by atoms with Crippen LogP contribution in [0.15, 0.2) is 66.7 Å². The standard InChI is InChI=1S/C25H26FNO5S/c1-3-19-15-18(6-13-23(19)24(25(27)28)32-16-33(29,30)31-2)14-17-4-7-20(8-5-17)21-9-11-22(26)12-10-21/h4-13,15,24H,3,14,16H2,1-2H3,(H2,27,28). The van der Waals surface area contributed by atoms with Crippen molar-refractivity contribution in [1.29, 1.82) is 0 Å². The van der Waals surface area contributed by atoms with Gasteiger partial charge < -0.3 is 10.5 Å². The fourth-order valence-electron chi connectivity index (χ4n) is 3.55. The van der Waals surface area contributed by atoms with E-state index in [0.29, 0.717) is 18.4 Å². The highest BCUT2D eigenvalue weighted by molar-refractivity contribution is 7.86. The molecular weight excluding hydrogens is 445 g/mol. The van der Waals surface area contributed by atoms with Crippen molar-refractivity contribution in [3.63, 3.8) is 0 Å². The lowest BCUT2D eigenvalue weighted by Crippen LogP contribution is -2.27. The predicted molar refractivity (Wildman–Crippen MR) is 124 cm³/mol. The van der Waals surface area contributed by atoms with Crippen molar-refractivity contribution in [2.24, 2.45) is 5.73 Å². The molecule has 3 rings (SSSR count). The first-order valence-corrected chi connectivity index (χ1v) is 12.0. The summed E-state index contributed by atoms with van der Waals surface area (Å²) in [5.41, 5.74) is 10.9. The summed E-state index contributed by atoms with van der Waals surface area (Å²) in [4.78, 5) is 12.0. The minimum atomic E-state index is -3.90. The van der Waals surface area contributed by atoms with E-state index in [9.17, 15) is 17.6 Å². The zero-order valence-electron chi connectivity index (χ0n) is 18.5. The molecule has 0 aliphatic carbocycles. The molecule has 0 bridgehead atoms. The maximum Gasteiger partial charge on any atom is 0.291 e. The van der Waals surface area contributed by atoms with Crippen molar-refractivity contribution in [3.05, 3.63) is 94.8 Å². The van der Waals surface area contributed by atoms with Crippen LogP contribution in [0.4, 0.5) is 4.39 Å². The second-order valence-corrected chi connectivity index (χ2v) is 9.24. The lowest BCUT2D eigenvalue weighted by molar-refractivity contribution is -0.128. The molecule has 1 amide bonds. The van der Waals surface area contributed by atoms with Gasteiger partial charge in [0.1, 0.15) is 5.82 Å². The number of hydrogen-bond donors (Lipinski definition) is 1. The number of ether oxygens (including phenoxy) is 1. The minimum Gasteiger partial charge on any atom is -0.367 e. The van der Waals surface area contributed by atoms with E-state index in [4.69, 9.17) is 10.5 Å². The molecular formula is C25H26FNO5S. The Morgan fingerprint density at radius 3 is 2.09 bits per heavy atom. The molecule has 0 radical (unpaired) electrons. The highest BCUT2D eigenvalue weighted by Gasteiger charge is 2.24. The summed E-state index contributed by atoms with van der Waals surface area (Å²) < 4.78 is 46.0. The van der Waals surface area contributed by atoms with Gasteiger partial charge in [0, 0.05) is 0 Å². The van der Waals surface area contributed by atoms with Crippen molar-refractivity contribution in [2.75, 3.05) is 13.0 Å². The van der Waals surface area contributed by atoms with Crippen LogP contribution in [0.3, 0.4) is 0 Å². The van der Waals surface area contributed by atoms with E-state index in [1.165, 1.54) is 12.1 Å². The Labute approximate surface area is 193 Å². The largest absolute Gasteiger partial charge is 0.367 e. The minimum absolute atomic E-state index is 0.269. The summed E-state index contributed by atoms with van der Waals surface area (Å²) in [6, 6.07) is 19.9. The molecule has 0 saturated heterocycles. The van der Waals surface area contributed by atoms with Gasteiger partial charge >= 0.3 is 0 Å². The van der Waals surface area contributed by atoms with Crippen molar-refractivity contribution >= 4 is 16.0 Å². The summed E-state index contributed by atoms with van der Waals surface area (Å²) in [7, 11) is -2.87. The molecule has 0 aliphatic rings.